The van der Waals surface area contributed by atoms with Gasteiger partial charge in [0.15, 0.2) is 0 Å². The molecule has 2 aromatic rings. The van der Waals surface area contributed by atoms with E-state index in [0.29, 0.717) is 17.4 Å². The first-order valence-electron chi connectivity index (χ1n) is 9.85. The quantitative estimate of drug-likeness (QED) is 0.834. The summed E-state index contributed by atoms with van der Waals surface area (Å²) >= 11 is 5.76. The molecule has 4 rings (SSSR count). The molecule has 3 heterocycles. The van der Waals surface area contributed by atoms with Gasteiger partial charge in [0.25, 0.3) is 0 Å². The first kappa shape index (κ1) is 19.3. The van der Waals surface area contributed by atoms with E-state index in [2.05, 4.69) is 20.1 Å². The van der Waals surface area contributed by atoms with Crippen LogP contribution in [0.2, 0.25) is 5.02 Å². The van der Waals surface area contributed by atoms with Crippen LogP contribution in [0.25, 0.3) is 0 Å². The maximum absolute atomic E-state index is 13.9. The second kappa shape index (κ2) is 8.57. The highest BCUT2D eigenvalue weighted by atomic mass is 35.5. The largest absolute Gasteiger partial charge is 0.381 e. The fraction of sp³-hybridized carbons (Fsp3) is 0.550. The monoisotopic (exact) mass is 406 g/mol. The molecule has 1 N–H and O–H groups in total. The van der Waals surface area contributed by atoms with Gasteiger partial charge in [-0.2, -0.15) is 0 Å². The first-order chi connectivity index (χ1) is 13.6. The molecule has 6 nitrogen and oxygen atoms in total. The van der Waals surface area contributed by atoms with Crippen molar-refractivity contribution in [2.24, 2.45) is 5.92 Å². The Labute approximate surface area is 168 Å². The van der Waals surface area contributed by atoms with Gasteiger partial charge in [-0.25, -0.2) is 4.39 Å². The molecule has 150 valence electrons. The zero-order valence-electron chi connectivity index (χ0n) is 15.7. The van der Waals surface area contributed by atoms with E-state index in [1.165, 1.54) is 12.1 Å². The number of nitrogens with one attached hydrogen (secondary N) is 1. The highest BCUT2D eigenvalue weighted by Gasteiger charge is 2.27. The lowest BCUT2D eigenvalue weighted by Crippen LogP contribution is -2.19. The lowest BCUT2D eigenvalue weighted by atomic mass is 9.96. The fourth-order valence-corrected chi connectivity index (χ4v) is 4.24. The third-order valence-corrected chi connectivity index (χ3v) is 5.89. The van der Waals surface area contributed by atoms with Crippen LogP contribution < -0.4 is 5.32 Å². The van der Waals surface area contributed by atoms with Gasteiger partial charge in [-0.05, 0) is 49.8 Å². The Balaban J connectivity index is 1.36. The molecular formula is C20H24ClFN4O2. The Hall–Kier alpha value is -1.99. The minimum absolute atomic E-state index is 0.168. The third kappa shape index (κ3) is 4.36. The van der Waals surface area contributed by atoms with Crippen molar-refractivity contribution >= 4 is 23.2 Å². The van der Waals surface area contributed by atoms with E-state index in [9.17, 15) is 9.18 Å². The van der Waals surface area contributed by atoms with Crippen molar-refractivity contribution in [2.45, 2.75) is 51.0 Å². The molecule has 0 radical (unpaired) electrons. The van der Waals surface area contributed by atoms with Gasteiger partial charge in [-0.1, -0.05) is 11.6 Å². The molecule has 1 aromatic carbocycles. The number of benzene rings is 1. The van der Waals surface area contributed by atoms with Crippen LogP contribution in [-0.4, -0.2) is 33.9 Å². The number of aromatic nitrogens is 3. The van der Waals surface area contributed by atoms with E-state index in [4.69, 9.17) is 16.3 Å². The summed E-state index contributed by atoms with van der Waals surface area (Å²) in [6.07, 6.45) is 4.91. The molecule has 2 aliphatic rings. The smallest absolute Gasteiger partial charge is 0.224 e. The molecule has 1 amide bonds. The highest BCUT2D eigenvalue weighted by molar-refractivity contribution is 6.30. The van der Waals surface area contributed by atoms with Crippen LogP contribution in [0.5, 0.6) is 0 Å². The summed E-state index contributed by atoms with van der Waals surface area (Å²) in [5.74, 6) is 2.02. The van der Waals surface area contributed by atoms with Crippen LogP contribution in [0.1, 0.15) is 49.7 Å². The van der Waals surface area contributed by atoms with Crippen molar-refractivity contribution in [3.63, 3.8) is 0 Å². The summed E-state index contributed by atoms with van der Waals surface area (Å²) in [6, 6.07) is 4.26. The van der Waals surface area contributed by atoms with Crippen LogP contribution in [0.3, 0.4) is 0 Å². The molecule has 0 spiro atoms. The molecule has 1 atom stereocenters. The molecule has 0 unspecified atom stereocenters. The molecule has 28 heavy (non-hydrogen) atoms. The van der Waals surface area contributed by atoms with Gasteiger partial charge < -0.3 is 14.6 Å². The summed E-state index contributed by atoms with van der Waals surface area (Å²) in [6.45, 7) is 2.37. The van der Waals surface area contributed by atoms with E-state index in [-0.39, 0.29) is 17.5 Å². The number of rotatable bonds is 4. The van der Waals surface area contributed by atoms with Crippen LogP contribution >= 0.6 is 11.6 Å². The second-order valence-electron chi connectivity index (χ2n) is 7.58. The number of aryl methyl sites for hydroxylation is 1. The Morgan fingerprint density at radius 2 is 2.07 bits per heavy atom. The number of carbonyl (C=O) groups is 1. The van der Waals surface area contributed by atoms with E-state index in [1.54, 1.807) is 6.07 Å². The highest BCUT2D eigenvalue weighted by Crippen LogP contribution is 2.30. The maximum Gasteiger partial charge on any atom is 0.224 e. The van der Waals surface area contributed by atoms with Gasteiger partial charge in [0.2, 0.25) is 5.91 Å². The van der Waals surface area contributed by atoms with Crippen LogP contribution in [-0.2, 0) is 22.5 Å². The summed E-state index contributed by atoms with van der Waals surface area (Å²) in [7, 11) is 0. The van der Waals surface area contributed by atoms with Gasteiger partial charge in [0, 0.05) is 43.5 Å². The average Bonchev–Trinajstić information content (AvgIpc) is 3.00. The SMILES string of the molecule is O=C(C[C@H]1CCc2nnc(C3CCOCC3)n2CC1)Nc1ccc(Cl)cc1F. The van der Waals surface area contributed by atoms with E-state index in [0.717, 1.165) is 63.5 Å². The van der Waals surface area contributed by atoms with Gasteiger partial charge in [-0.15, -0.1) is 10.2 Å². The standard InChI is InChI=1S/C20H24ClFN4O2/c21-15-2-3-17(16(22)12-15)23-19(27)11-13-1-4-18-24-25-20(26(18)8-5-13)14-6-9-28-10-7-14/h2-3,12-14H,1,4-11H2,(H,23,27)/t13-/m0/s1. The maximum atomic E-state index is 13.9. The second-order valence-corrected chi connectivity index (χ2v) is 8.02. The summed E-state index contributed by atoms with van der Waals surface area (Å²) < 4.78 is 21.6. The third-order valence-electron chi connectivity index (χ3n) is 5.66. The van der Waals surface area contributed by atoms with Crippen molar-refractivity contribution in [3.05, 3.63) is 40.7 Å². The van der Waals surface area contributed by atoms with E-state index in [1.807, 2.05) is 0 Å². The van der Waals surface area contributed by atoms with Crippen molar-refractivity contribution in [1.29, 1.82) is 0 Å². The Kier molecular flexibility index (Phi) is 5.92. The molecule has 8 heteroatoms. The summed E-state index contributed by atoms with van der Waals surface area (Å²) in [4.78, 5) is 12.4. The summed E-state index contributed by atoms with van der Waals surface area (Å²) in [5.41, 5.74) is 0.168. The van der Waals surface area contributed by atoms with Crippen LogP contribution in [0, 0.1) is 11.7 Å². The lowest BCUT2D eigenvalue weighted by Gasteiger charge is -2.22. The van der Waals surface area contributed by atoms with Gasteiger partial charge in [0.1, 0.15) is 17.5 Å². The minimum Gasteiger partial charge on any atom is -0.381 e. The number of anilines is 1. The number of fused-ring (bicyclic) bond motifs is 1. The number of hydrogen-bond acceptors (Lipinski definition) is 4. The predicted molar refractivity (Wildman–Crippen MR) is 104 cm³/mol. The van der Waals surface area contributed by atoms with Gasteiger partial charge in [0.05, 0.1) is 5.69 Å². The zero-order valence-corrected chi connectivity index (χ0v) is 16.4. The van der Waals surface area contributed by atoms with Gasteiger partial charge in [-0.3, -0.25) is 4.79 Å². The zero-order chi connectivity index (χ0) is 19.5. The number of hydrogen-bond donors (Lipinski definition) is 1. The molecule has 1 saturated heterocycles. The molecule has 2 aliphatic heterocycles. The predicted octanol–water partition coefficient (Wildman–Crippen LogP) is 3.95. The normalized spacial score (nSPS) is 20.4. The number of carbonyl (C=O) groups excluding carboxylic acids is 1. The fourth-order valence-electron chi connectivity index (χ4n) is 4.08. The van der Waals surface area contributed by atoms with Crippen LogP contribution in [0.15, 0.2) is 18.2 Å². The number of ether oxygens (including phenoxy) is 1. The Morgan fingerprint density at radius 1 is 1.25 bits per heavy atom. The average molecular weight is 407 g/mol. The molecule has 0 aliphatic carbocycles. The van der Waals surface area contributed by atoms with Crippen molar-refractivity contribution in [2.75, 3.05) is 18.5 Å². The van der Waals surface area contributed by atoms with Crippen molar-refractivity contribution < 1.29 is 13.9 Å². The lowest BCUT2D eigenvalue weighted by molar-refractivity contribution is -0.117. The molecule has 0 saturated carbocycles. The Bertz CT molecular complexity index is 851. The number of amides is 1. The van der Waals surface area contributed by atoms with E-state index >= 15 is 0 Å². The topological polar surface area (TPSA) is 69.0 Å². The molecular weight excluding hydrogens is 383 g/mol. The van der Waals surface area contributed by atoms with E-state index < -0.39 is 5.82 Å². The summed E-state index contributed by atoms with van der Waals surface area (Å²) in [5, 5.41) is 11.8. The number of halogens is 2. The van der Waals surface area contributed by atoms with Crippen molar-refractivity contribution in [1.82, 2.24) is 14.8 Å². The van der Waals surface area contributed by atoms with Gasteiger partial charge >= 0.3 is 0 Å². The van der Waals surface area contributed by atoms with Crippen LogP contribution in [0.4, 0.5) is 10.1 Å². The molecule has 1 aromatic heterocycles. The minimum atomic E-state index is -0.519. The molecule has 0 bridgehead atoms. The number of nitrogens with zero attached hydrogens (tertiary/aromatic N) is 3. The first-order valence-corrected chi connectivity index (χ1v) is 10.2. The Morgan fingerprint density at radius 3 is 2.86 bits per heavy atom. The molecule has 1 fully saturated rings. The van der Waals surface area contributed by atoms with Crippen molar-refractivity contribution in [3.8, 4) is 0 Å².